The second-order valence-corrected chi connectivity index (χ2v) is 4.76. The van der Waals surface area contributed by atoms with Crippen molar-refractivity contribution in [2.45, 2.75) is 31.9 Å². The molecule has 0 aliphatic carbocycles. The van der Waals surface area contributed by atoms with Gasteiger partial charge in [0.2, 0.25) is 0 Å². The van der Waals surface area contributed by atoms with Gasteiger partial charge in [-0.3, -0.25) is 4.90 Å². The normalized spacial score (nSPS) is 26.3. The minimum absolute atomic E-state index is 0.147. The van der Waals surface area contributed by atoms with Crippen LogP contribution in [-0.2, 0) is 0 Å². The van der Waals surface area contributed by atoms with E-state index in [9.17, 15) is 5.11 Å². The molecule has 0 bridgehead atoms. The van der Waals surface area contributed by atoms with Gasteiger partial charge in [0, 0.05) is 18.1 Å². The monoisotopic (exact) mass is 212 g/mol. The zero-order valence-electron chi connectivity index (χ0n) is 8.39. The fraction of sp³-hybridized carbons (Fsp3) is 0.700. The van der Waals surface area contributed by atoms with Crippen molar-refractivity contribution in [3.8, 4) is 0 Å². The lowest BCUT2D eigenvalue weighted by molar-refractivity contribution is 0.0503. The summed E-state index contributed by atoms with van der Waals surface area (Å²) in [5.41, 5.74) is 0. The summed E-state index contributed by atoms with van der Waals surface area (Å²) in [6, 6.07) is 0.352. The summed E-state index contributed by atoms with van der Waals surface area (Å²) in [4.78, 5) is 6.62. The number of nitrogens with zero attached hydrogens (tertiary/aromatic N) is 2. The molecule has 1 aromatic heterocycles. The van der Waals surface area contributed by atoms with Crippen molar-refractivity contribution < 1.29 is 5.11 Å². The van der Waals surface area contributed by atoms with E-state index in [0.717, 1.165) is 30.9 Å². The van der Waals surface area contributed by atoms with Crippen molar-refractivity contribution in [3.05, 3.63) is 16.6 Å². The van der Waals surface area contributed by atoms with Crippen molar-refractivity contribution in [1.82, 2.24) is 9.88 Å². The Morgan fingerprint density at radius 3 is 3.21 bits per heavy atom. The number of aliphatic hydroxyl groups excluding tert-OH is 1. The summed E-state index contributed by atoms with van der Waals surface area (Å²) < 4.78 is 0. The van der Waals surface area contributed by atoms with Crippen LogP contribution < -0.4 is 0 Å². The zero-order valence-corrected chi connectivity index (χ0v) is 9.20. The van der Waals surface area contributed by atoms with E-state index in [2.05, 4.69) is 16.8 Å². The van der Waals surface area contributed by atoms with Gasteiger partial charge in [0.05, 0.1) is 12.1 Å². The maximum Gasteiger partial charge on any atom is 0.109 e. The number of hydrogen-bond acceptors (Lipinski definition) is 4. The summed E-state index contributed by atoms with van der Waals surface area (Å²) in [6.07, 6.45) is 3.74. The molecule has 4 heteroatoms. The van der Waals surface area contributed by atoms with Gasteiger partial charge in [-0.25, -0.2) is 4.98 Å². The maximum atomic E-state index is 9.57. The molecule has 1 aliphatic heterocycles. The van der Waals surface area contributed by atoms with Gasteiger partial charge >= 0.3 is 0 Å². The first kappa shape index (κ1) is 10.1. The van der Waals surface area contributed by atoms with Crippen LogP contribution in [0.4, 0.5) is 0 Å². The molecule has 1 aliphatic rings. The molecule has 0 aromatic carbocycles. The molecule has 1 N–H and O–H groups in total. The third-order valence-corrected chi connectivity index (χ3v) is 3.73. The summed E-state index contributed by atoms with van der Waals surface area (Å²) in [5, 5.41) is 12.7. The highest BCUT2D eigenvalue weighted by atomic mass is 32.1. The van der Waals surface area contributed by atoms with Crippen LogP contribution in [0.1, 0.15) is 30.8 Å². The minimum atomic E-state index is -0.147. The van der Waals surface area contributed by atoms with Crippen LogP contribution in [0.25, 0.3) is 0 Å². The number of likely N-dealkylation sites (tertiary alicyclic amines) is 1. The Balaban J connectivity index is 2.00. The Hall–Kier alpha value is -0.450. The molecule has 14 heavy (non-hydrogen) atoms. The molecule has 2 rings (SSSR count). The van der Waals surface area contributed by atoms with Crippen molar-refractivity contribution in [2.24, 2.45) is 0 Å². The van der Waals surface area contributed by atoms with Gasteiger partial charge in [-0.1, -0.05) is 0 Å². The summed E-state index contributed by atoms with van der Waals surface area (Å²) >= 11 is 1.69. The predicted molar refractivity (Wildman–Crippen MR) is 57.3 cm³/mol. The molecule has 0 saturated carbocycles. The maximum absolute atomic E-state index is 9.57. The summed E-state index contributed by atoms with van der Waals surface area (Å²) in [7, 11) is 0. The quantitative estimate of drug-likeness (QED) is 0.810. The highest BCUT2D eigenvalue weighted by molar-refractivity contribution is 7.09. The van der Waals surface area contributed by atoms with Gasteiger partial charge in [0.15, 0.2) is 0 Å². The van der Waals surface area contributed by atoms with E-state index < -0.39 is 0 Å². The Morgan fingerprint density at radius 2 is 2.57 bits per heavy atom. The van der Waals surface area contributed by atoms with Crippen LogP contribution in [0.3, 0.4) is 0 Å². The van der Waals surface area contributed by atoms with E-state index in [-0.39, 0.29) is 6.10 Å². The topological polar surface area (TPSA) is 36.4 Å². The molecule has 0 radical (unpaired) electrons. The second kappa shape index (κ2) is 4.38. The third kappa shape index (κ3) is 2.13. The largest absolute Gasteiger partial charge is 0.392 e. The predicted octanol–water partition coefficient (Wildman–Crippen LogP) is 1.66. The van der Waals surface area contributed by atoms with Gasteiger partial charge in [-0.15, -0.1) is 11.3 Å². The zero-order chi connectivity index (χ0) is 9.97. The van der Waals surface area contributed by atoms with Gasteiger partial charge in [0.25, 0.3) is 0 Å². The van der Waals surface area contributed by atoms with Gasteiger partial charge < -0.3 is 5.11 Å². The average Bonchev–Trinajstić information content (AvgIpc) is 2.69. The first-order valence-corrected chi connectivity index (χ1v) is 5.97. The number of aliphatic hydroxyl groups is 1. The molecule has 0 unspecified atom stereocenters. The Morgan fingerprint density at radius 1 is 1.71 bits per heavy atom. The lowest BCUT2D eigenvalue weighted by Gasteiger charge is -2.33. The summed E-state index contributed by atoms with van der Waals surface area (Å²) in [5.74, 6) is 0. The molecular weight excluding hydrogens is 196 g/mol. The smallest absolute Gasteiger partial charge is 0.109 e. The molecule has 2 atom stereocenters. The standard InChI is InChI=1S/C10H16N2OS/c1-8(10-11-4-6-14-10)12-5-2-3-9(13)7-12/h4,6,8-9,13H,2-3,5,7H2,1H3/t8-,9-/m1/s1. The highest BCUT2D eigenvalue weighted by Crippen LogP contribution is 2.25. The lowest BCUT2D eigenvalue weighted by atomic mass is 10.1. The molecule has 1 aromatic rings. The molecular formula is C10H16N2OS. The van der Waals surface area contributed by atoms with Crippen LogP contribution in [0.5, 0.6) is 0 Å². The van der Waals surface area contributed by atoms with Crippen LogP contribution in [0, 0.1) is 0 Å². The second-order valence-electron chi connectivity index (χ2n) is 3.84. The van der Waals surface area contributed by atoms with Crippen LogP contribution in [0.2, 0.25) is 0 Å². The van der Waals surface area contributed by atoms with Crippen molar-refractivity contribution >= 4 is 11.3 Å². The van der Waals surface area contributed by atoms with Crippen LogP contribution in [-0.4, -0.2) is 34.2 Å². The number of piperidine rings is 1. The number of thiazole rings is 1. The number of hydrogen-bond donors (Lipinski definition) is 1. The minimum Gasteiger partial charge on any atom is -0.392 e. The van der Waals surface area contributed by atoms with Crippen LogP contribution >= 0.6 is 11.3 Å². The first-order valence-electron chi connectivity index (χ1n) is 5.09. The van der Waals surface area contributed by atoms with E-state index in [4.69, 9.17) is 0 Å². The Labute approximate surface area is 88.4 Å². The highest BCUT2D eigenvalue weighted by Gasteiger charge is 2.23. The fourth-order valence-corrected chi connectivity index (χ4v) is 2.66. The van der Waals surface area contributed by atoms with E-state index in [0.29, 0.717) is 6.04 Å². The molecule has 0 spiro atoms. The van der Waals surface area contributed by atoms with E-state index >= 15 is 0 Å². The third-order valence-electron chi connectivity index (χ3n) is 2.78. The molecule has 1 saturated heterocycles. The number of aromatic nitrogens is 1. The Bertz CT molecular complexity index is 276. The first-order chi connectivity index (χ1) is 6.77. The van der Waals surface area contributed by atoms with Crippen molar-refractivity contribution in [2.75, 3.05) is 13.1 Å². The van der Waals surface area contributed by atoms with E-state index in [1.54, 1.807) is 11.3 Å². The van der Waals surface area contributed by atoms with Gasteiger partial charge in [-0.05, 0) is 26.3 Å². The Kier molecular flexibility index (Phi) is 3.15. The molecule has 78 valence electrons. The molecule has 0 amide bonds. The van der Waals surface area contributed by atoms with Crippen LogP contribution in [0.15, 0.2) is 11.6 Å². The molecule has 2 heterocycles. The van der Waals surface area contributed by atoms with Gasteiger partial charge in [-0.2, -0.15) is 0 Å². The SMILES string of the molecule is C[C@H](c1nccs1)N1CCC[C@@H](O)C1. The van der Waals surface area contributed by atoms with Crippen molar-refractivity contribution in [3.63, 3.8) is 0 Å². The fourth-order valence-electron chi connectivity index (χ4n) is 1.93. The number of β-amino-alcohol motifs (C(OH)–C–C–N with tert-alkyl or cyclic N) is 1. The lowest BCUT2D eigenvalue weighted by Crippen LogP contribution is -2.39. The average molecular weight is 212 g/mol. The van der Waals surface area contributed by atoms with E-state index in [1.807, 2.05) is 11.6 Å². The van der Waals surface area contributed by atoms with Gasteiger partial charge in [0.1, 0.15) is 5.01 Å². The molecule has 1 fully saturated rings. The van der Waals surface area contributed by atoms with Crippen molar-refractivity contribution in [1.29, 1.82) is 0 Å². The number of rotatable bonds is 2. The summed E-state index contributed by atoms with van der Waals surface area (Å²) in [6.45, 7) is 4.04. The molecule has 3 nitrogen and oxygen atoms in total. The van der Waals surface area contributed by atoms with E-state index in [1.165, 1.54) is 0 Å².